The number of ether oxygens (including phenoxy) is 1. The Morgan fingerprint density at radius 1 is 1.03 bits per heavy atom. The smallest absolute Gasteiger partial charge is 0.465 e. The number of rotatable bonds is 5. The number of fused-ring (bicyclic) bond motifs is 1. The number of thioether (sulfide) groups is 1. The minimum absolute atomic E-state index is 0.165. The van der Waals surface area contributed by atoms with E-state index in [9.17, 15) is 31.2 Å². The topological polar surface area (TPSA) is 86.7 Å². The summed E-state index contributed by atoms with van der Waals surface area (Å²) in [6.45, 7) is 3.72. The molecule has 0 aliphatic heterocycles. The first kappa shape index (κ1) is 24.8. The third-order valence-corrected chi connectivity index (χ3v) is 6.90. The molecule has 0 N–H and O–H groups in total. The Morgan fingerprint density at radius 3 is 2.21 bits per heavy atom. The standard InChI is InChI=1S/C22H19F3O6S2/c1-21(2)11-10-18(31-33(28,29)22(23,24)25)16-12-15(8-9-17(16)21)32-20(27)14-6-4-13(5-7-14)19(26)30-3/h4-10,12H,11H2,1-3H3. The SMILES string of the molecule is COC(=O)c1ccc(C(=O)Sc2ccc3c(c2)C(OS(=O)(=O)C(F)(F)F)=CCC3(C)C)cc1. The number of esters is 1. The number of carbonyl (C=O) groups is 2. The predicted octanol–water partition coefficient (Wildman–Crippen LogP) is 5.29. The van der Waals surface area contributed by atoms with E-state index in [1.165, 1.54) is 43.5 Å². The molecule has 0 aromatic heterocycles. The first-order chi connectivity index (χ1) is 15.2. The highest BCUT2D eigenvalue weighted by molar-refractivity contribution is 8.14. The van der Waals surface area contributed by atoms with Crippen molar-refractivity contribution in [2.75, 3.05) is 7.11 Å². The van der Waals surface area contributed by atoms with Gasteiger partial charge in [0.15, 0.2) is 0 Å². The fourth-order valence-electron chi connectivity index (χ4n) is 3.22. The first-order valence-corrected chi connectivity index (χ1v) is 11.7. The second kappa shape index (κ2) is 8.86. The lowest BCUT2D eigenvalue weighted by Gasteiger charge is -2.31. The zero-order chi connectivity index (χ0) is 24.6. The highest BCUT2D eigenvalue weighted by Crippen LogP contribution is 2.42. The molecule has 3 rings (SSSR count). The normalized spacial score (nSPS) is 15.3. The molecular formula is C22H19F3O6S2. The summed E-state index contributed by atoms with van der Waals surface area (Å²) in [5.74, 6) is -0.981. The molecule has 0 amide bonds. The molecule has 33 heavy (non-hydrogen) atoms. The number of alkyl halides is 3. The van der Waals surface area contributed by atoms with E-state index in [2.05, 4.69) is 8.92 Å². The first-order valence-electron chi connectivity index (χ1n) is 9.51. The molecule has 1 aliphatic carbocycles. The van der Waals surface area contributed by atoms with Gasteiger partial charge in [-0.1, -0.05) is 19.9 Å². The summed E-state index contributed by atoms with van der Waals surface area (Å²) in [4.78, 5) is 24.6. The molecule has 1 aliphatic rings. The molecule has 176 valence electrons. The maximum atomic E-state index is 12.8. The largest absolute Gasteiger partial charge is 0.534 e. The Bertz CT molecular complexity index is 1230. The maximum Gasteiger partial charge on any atom is 0.534 e. The van der Waals surface area contributed by atoms with Crippen LogP contribution in [0.1, 0.15) is 52.1 Å². The fourth-order valence-corrected chi connectivity index (χ4v) is 4.49. The Hall–Kier alpha value is -2.79. The molecule has 6 nitrogen and oxygen atoms in total. The molecule has 0 unspecified atom stereocenters. The van der Waals surface area contributed by atoms with Crippen LogP contribution in [0.4, 0.5) is 13.2 Å². The number of carbonyl (C=O) groups excluding carboxylic acids is 2. The van der Waals surface area contributed by atoms with Crippen LogP contribution >= 0.6 is 11.8 Å². The lowest BCUT2D eigenvalue weighted by atomic mass is 9.75. The molecule has 0 heterocycles. The fraction of sp³-hybridized carbons (Fsp3) is 0.273. The van der Waals surface area contributed by atoms with Crippen LogP contribution in [0.25, 0.3) is 5.76 Å². The number of halogens is 3. The van der Waals surface area contributed by atoms with E-state index in [-0.39, 0.29) is 28.2 Å². The number of hydrogen-bond donors (Lipinski definition) is 0. The van der Waals surface area contributed by atoms with Crippen molar-refractivity contribution in [2.24, 2.45) is 0 Å². The van der Waals surface area contributed by atoms with Gasteiger partial charge in [0.25, 0.3) is 0 Å². The number of methoxy groups -OCH3 is 1. The van der Waals surface area contributed by atoms with Gasteiger partial charge in [0, 0.05) is 16.0 Å². The molecule has 2 aromatic rings. The summed E-state index contributed by atoms with van der Waals surface area (Å²) in [6, 6.07) is 10.5. The number of benzene rings is 2. The van der Waals surface area contributed by atoms with Crippen molar-refractivity contribution in [2.45, 2.75) is 36.1 Å². The van der Waals surface area contributed by atoms with E-state index in [0.29, 0.717) is 10.5 Å². The van der Waals surface area contributed by atoms with Gasteiger partial charge in [-0.15, -0.1) is 0 Å². The van der Waals surface area contributed by atoms with Gasteiger partial charge < -0.3 is 8.92 Å². The summed E-state index contributed by atoms with van der Waals surface area (Å²) in [5.41, 5.74) is -4.74. The van der Waals surface area contributed by atoms with Crippen LogP contribution in [0.5, 0.6) is 0 Å². The summed E-state index contributed by atoms with van der Waals surface area (Å²) in [6.07, 6.45) is 1.56. The summed E-state index contributed by atoms with van der Waals surface area (Å²) in [5, 5.41) is -0.379. The van der Waals surface area contributed by atoms with Gasteiger partial charge in [0.05, 0.1) is 12.7 Å². The van der Waals surface area contributed by atoms with Crippen molar-refractivity contribution in [1.29, 1.82) is 0 Å². The van der Waals surface area contributed by atoms with Gasteiger partial charge >= 0.3 is 21.6 Å². The monoisotopic (exact) mass is 500 g/mol. The molecule has 0 spiro atoms. The van der Waals surface area contributed by atoms with Gasteiger partial charge in [0.2, 0.25) is 5.12 Å². The second-order valence-electron chi connectivity index (χ2n) is 7.81. The molecule has 0 fully saturated rings. The Labute approximate surface area is 192 Å². The summed E-state index contributed by atoms with van der Waals surface area (Å²) < 4.78 is 70.7. The number of hydrogen-bond acceptors (Lipinski definition) is 7. The highest BCUT2D eigenvalue weighted by Gasteiger charge is 2.49. The Kier molecular flexibility index (Phi) is 6.67. The highest BCUT2D eigenvalue weighted by atomic mass is 32.2. The minimum Gasteiger partial charge on any atom is -0.465 e. The van der Waals surface area contributed by atoms with E-state index in [4.69, 9.17) is 0 Å². The third-order valence-electron chi connectivity index (χ3n) is 5.02. The van der Waals surface area contributed by atoms with Crippen LogP contribution in [-0.2, 0) is 24.5 Å². The van der Waals surface area contributed by atoms with E-state index in [1.54, 1.807) is 12.1 Å². The van der Waals surface area contributed by atoms with Crippen LogP contribution in [0, 0.1) is 0 Å². The molecular weight excluding hydrogens is 481 g/mol. The van der Waals surface area contributed by atoms with E-state index >= 15 is 0 Å². The van der Waals surface area contributed by atoms with Gasteiger partial charge in [-0.25, -0.2) is 4.79 Å². The molecule has 0 atom stereocenters. The van der Waals surface area contributed by atoms with Crippen molar-refractivity contribution in [1.82, 2.24) is 0 Å². The molecule has 0 saturated heterocycles. The Morgan fingerprint density at radius 2 is 1.64 bits per heavy atom. The van der Waals surface area contributed by atoms with Gasteiger partial charge in [-0.05, 0) is 71.6 Å². The number of allylic oxidation sites excluding steroid dienone is 1. The third kappa shape index (κ3) is 5.25. The second-order valence-corrected chi connectivity index (χ2v) is 10.4. The molecule has 0 bridgehead atoms. The van der Waals surface area contributed by atoms with Crippen LogP contribution in [0.15, 0.2) is 53.4 Å². The van der Waals surface area contributed by atoms with Crippen molar-refractivity contribution in [3.63, 3.8) is 0 Å². The zero-order valence-electron chi connectivity index (χ0n) is 17.7. The van der Waals surface area contributed by atoms with Gasteiger partial charge in [-0.2, -0.15) is 21.6 Å². The summed E-state index contributed by atoms with van der Waals surface area (Å²) >= 11 is 0.806. The zero-order valence-corrected chi connectivity index (χ0v) is 19.4. The van der Waals surface area contributed by atoms with Crippen LogP contribution in [0.3, 0.4) is 0 Å². The van der Waals surface area contributed by atoms with E-state index < -0.39 is 32.8 Å². The molecule has 0 saturated carbocycles. The van der Waals surface area contributed by atoms with Crippen molar-refractivity contribution >= 4 is 38.7 Å². The van der Waals surface area contributed by atoms with Crippen molar-refractivity contribution in [3.05, 3.63) is 70.8 Å². The van der Waals surface area contributed by atoms with E-state index in [0.717, 1.165) is 11.8 Å². The van der Waals surface area contributed by atoms with Gasteiger partial charge in [-0.3, -0.25) is 4.79 Å². The Balaban J connectivity index is 1.90. The van der Waals surface area contributed by atoms with Crippen LogP contribution < -0.4 is 0 Å². The predicted molar refractivity (Wildman–Crippen MR) is 116 cm³/mol. The van der Waals surface area contributed by atoms with Crippen LogP contribution in [-0.4, -0.2) is 32.1 Å². The summed E-state index contributed by atoms with van der Waals surface area (Å²) in [7, 11) is -4.61. The van der Waals surface area contributed by atoms with E-state index in [1.807, 2.05) is 13.8 Å². The quantitative estimate of drug-likeness (QED) is 0.239. The lowest BCUT2D eigenvalue weighted by Crippen LogP contribution is -2.27. The maximum absolute atomic E-state index is 12.8. The minimum atomic E-state index is -5.85. The lowest BCUT2D eigenvalue weighted by molar-refractivity contribution is -0.0509. The van der Waals surface area contributed by atoms with Crippen LogP contribution in [0.2, 0.25) is 0 Å². The molecule has 0 radical (unpaired) electrons. The van der Waals surface area contributed by atoms with Crippen molar-refractivity contribution in [3.8, 4) is 0 Å². The van der Waals surface area contributed by atoms with Gasteiger partial charge in [0.1, 0.15) is 5.76 Å². The molecule has 11 heteroatoms. The molecule has 2 aromatic carbocycles. The van der Waals surface area contributed by atoms with Crippen molar-refractivity contribution < 1.29 is 40.1 Å². The average molecular weight is 501 g/mol. The average Bonchev–Trinajstić information content (AvgIpc) is 2.74.